The quantitative estimate of drug-likeness (QED) is 0.540. The van der Waals surface area contributed by atoms with Crippen LogP contribution in [0.5, 0.6) is 0 Å². The monoisotopic (exact) mass is 395 g/mol. The van der Waals surface area contributed by atoms with Crippen molar-refractivity contribution in [1.29, 1.82) is 0 Å². The topological polar surface area (TPSA) is 102 Å². The van der Waals surface area contributed by atoms with E-state index in [9.17, 15) is 19.7 Å². The summed E-state index contributed by atoms with van der Waals surface area (Å²) in [6, 6.07) is 9.22. The predicted molar refractivity (Wildman–Crippen MR) is 111 cm³/mol. The number of aryl methyl sites for hydroxylation is 2. The lowest BCUT2D eigenvalue weighted by atomic mass is 10.1. The Kier molecular flexibility index (Phi) is 4.57. The number of nitro groups is 1. The summed E-state index contributed by atoms with van der Waals surface area (Å²) in [6.45, 7) is 1.76. The Hall–Kier alpha value is -3.62. The van der Waals surface area contributed by atoms with E-state index >= 15 is 0 Å². The van der Waals surface area contributed by atoms with Gasteiger partial charge in [-0.15, -0.1) is 0 Å². The van der Waals surface area contributed by atoms with Crippen molar-refractivity contribution in [3.05, 3.63) is 62.6 Å². The molecule has 0 bridgehead atoms. The zero-order valence-corrected chi connectivity index (χ0v) is 16.2. The standard InChI is InChI=1S/C20H21N5O4/c1-22-17-11-15(21-19(26)13-5-7-14(8-6-13)25(28)29)16(24-9-3-4-10-24)12-18(17)23(2)20(22)27/h5-8,11-12H,3-4,9-10H2,1-2H3,(H,21,26). The van der Waals surface area contributed by atoms with Crippen LogP contribution in [0.1, 0.15) is 23.2 Å². The van der Waals surface area contributed by atoms with Gasteiger partial charge < -0.3 is 10.2 Å². The number of benzene rings is 2. The molecule has 150 valence electrons. The second-order valence-corrected chi connectivity index (χ2v) is 7.21. The molecule has 0 spiro atoms. The Labute approximate surface area is 166 Å². The third kappa shape index (κ3) is 3.24. The largest absolute Gasteiger partial charge is 0.370 e. The molecule has 1 aliphatic rings. The van der Waals surface area contributed by atoms with Gasteiger partial charge in [0.25, 0.3) is 11.6 Å². The number of nitrogens with one attached hydrogen (secondary N) is 1. The number of hydrogen-bond donors (Lipinski definition) is 1. The highest BCUT2D eigenvalue weighted by Crippen LogP contribution is 2.33. The molecule has 1 aliphatic heterocycles. The first kappa shape index (κ1) is 18.7. The lowest BCUT2D eigenvalue weighted by Gasteiger charge is -2.22. The van der Waals surface area contributed by atoms with E-state index in [1.54, 1.807) is 23.2 Å². The number of carbonyl (C=O) groups excluding carboxylic acids is 1. The van der Waals surface area contributed by atoms with Gasteiger partial charge >= 0.3 is 5.69 Å². The molecule has 1 amide bonds. The van der Waals surface area contributed by atoms with Gasteiger partial charge in [-0.2, -0.15) is 0 Å². The minimum Gasteiger partial charge on any atom is -0.370 e. The maximum atomic E-state index is 12.8. The zero-order chi connectivity index (χ0) is 20.7. The number of rotatable bonds is 4. The van der Waals surface area contributed by atoms with Crippen LogP contribution in [-0.2, 0) is 14.1 Å². The number of nitro benzene ring substituents is 1. The van der Waals surface area contributed by atoms with E-state index < -0.39 is 4.92 Å². The van der Waals surface area contributed by atoms with Crippen LogP contribution in [0, 0.1) is 10.1 Å². The average Bonchev–Trinajstić information content (AvgIpc) is 3.32. The summed E-state index contributed by atoms with van der Waals surface area (Å²) in [4.78, 5) is 37.6. The Morgan fingerprint density at radius 1 is 1.03 bits per heavy atom. The molecule has 2 aromatic carbocycles. The smallest absolute Gasteiger partial charge is 0.328 e. The fourth-order valence-corrected chi connectivity index (χ4v) is 3.78. The Bertz CT molecular complexity index is 1170. The highest BCUT2D eigenvalue weighted by molar-refractivity contribution is 6.07. The van der Waals surface area contributed by atoms with Crippen LogP contribution in [-0.4, -0.2) is 33.1 Å². The van der Waals surface area contributed by atoms with Gasteiger partial charge in [-0.1, -0.05) is 0 Å². The summed E-state index contributed by atoms with van der Waals surface area (Å²) in [6.07, 6.45) is 2.14. The molecule has 1 aromatic heterocycles. The van der Waals surface area contributed by atoms with Gasteiger partial charge in [0, 0.05) is 44.9 Å². The van der Waals surface area contributed by atoms with Crippen molar-refractivity contribution in [1.82, 2.24) is 9.13 Å². The molecule has 3 aromatic rings. The molecular weight excluding hydrogens is 374 g/mol. The third-order valence-electron chi connectivity index (χ3n) is 5.42. The van der Waals surface area contributed by atoms with E-state index in [1.165, 1.54) is 24.3 Å². The molecule has 0 aliphatic carbocycles. The molecule has 9 heteroatoms. The van der Waals surface area contributed by atoms with Crippen molar-refractivity contribution < 1.29 is 9.72 Å². The predicted octanol–water partition coefficient (Wildman–Crippen LogP) is 2.64. The van der Waals surface area contributed by atoms with Crippen LogP contribution in [0.3, 0.4) is 0 Å². The van der Waals surface area contributed by atoms with E-state index in [4.69, 9.17) is 0 Å². The van der Waals surface area contributed by atoms with E-state index in [0.29, 0.717) is 11.3 Å². The second kappa shape index (κ2) is 7.08. The number of nitrogens with zero attached hydrogens (tertiary/aromatic N) is 4. The number of amides is 1. The molecule has 1 fully saturated rings. The van der Waals surface area contributed by atoms with E-state index in [-0.39, 0.29) is 17.3 Å². The van der Waals surface area contributed by atoms with Gasteiger partial charge in [0.15, 0.2) is 0 Å². The number of non-ortho nitro benzene ring substituents is 1. The summed E-state index contributed by atoms with van der Waals surface area (Å²) in [5.74, 6) is -0.361. The van der Waals surface area contributed by atoms with Crippen LogP contribution in [0.15, 0.2) is 41.2 Å². The van der Waals surface area contributed by atoms with Gasteiger partial charge in [-0.25, -0.2) is 4.79 Å². The van der Waals surface area contributed by atoms with Crippen LogP contribution < -0.4 is 15.9 Å². The molecule has 2 heterocycles. The number of imidazole rings is 1. The number of carbonyl (C=O) groups is 1. The summed E-state index contributed by atoms with van der Waals surface area (Å²) >= 11 is 0. The van der Waals surface area contributed by atoms with Crippen LogP contribution in [0.25, 0.3) is 11.0 Å². The van der Waals surface area contributed by atoms with Gasteiger partial charge in [0.1, 0.15) is 0 Å². The molecule has 4 rings (SSSR count). The first-order valence-corrected chi connectivity index (χ1v) is 9.37. The number of hydrogen-bond acceptors (Lipinski definition) is 5. The minimum atomic E-state index is -0.503. The summed E-state index contributed by atoms with van der Waals surface area (Å²) < 4.78 is 3.14. The Balaban J connectivity index is 1.75. The Morgan fingerprint density at radius 2 is 1.62 bits per heavy atom. The number of aromatic nitrogens is 2. The first-order chi connectivity index (χ1) is 13.9. The zero-order valence-electron chi connectivity index (χ0n) is 16.2. The molecular formula is C20H21N5O4. The molecule has 0 unspecified atom stereocenters. The maximum Gasteiger partial charge on any atom is 0.328 e. The molecule has 0 radical (unpaired) electrons. The first-order valence-electron chi connectivity index (χ1n) is 9.37. The highest BCUT2D eigenvalue weighted by atomic mass is 16.6. The van der Waals surface area contributed by atoms with Crippen LogP contribution in [0.4, 0.5) is 17.1 Å². The van der Waals surface area contributed by atoms with Crippen LogP contribution >= 0.6 is 0 Å². The highest BCUT2D eigenvalue weighted by Gasteiger charge is 2.21. The summed E-state index contributed by atoms with van der Waals surface area (Å²) in [5, 5.41) is 13.7. The van der Waals surface area contributed by atoms with Crippen molar-refractivity contribution in [2.45, 2.75) is 12.8 Å². The van der Waals surface area contributed by atoms with Gasteiger partial charge in [-0.3, -0.25) is 24.0 Å². The van der Waals surface area contributed by atoms with E-state index in [0.717, 1.165) is 42.7 Å². The van der Waals surface area contributed by atoms with E-state index in [2.05, 4.69) is 10.2 Å². The van der Waals surface area contributed by atoms with Crippen LogP contribution in [0.2, 0.25) is 0 Å². The van der Waals surface area contributed by atoms with Gasteiger partial charge in [0.2, 0.25) is 0 Å². The van der Waals surface area contributed by atoms with Gasteiger partial charge in [0.05, 0.1) is 27.3 Å². The van der Waals surface area contributed by atoms with Crippen molar-refractivity contribution in [2.24, 2.45) is 14.1 Å². The number of fused-ring (bicyclic) bond motifs is 1. The lowest BCUT2D eigenvalue weighted by molar-refractivity contribution is -0.384. The minimum absolute atomic E-state index is 0.0694. The molecule has 29 heavy (non-hydrogen) atoms. The van der Waals surface area contributed by atoms with Crippen molar-refractivity contribution in [3.63, 3.8) is 0 Å². The summed E-state index contributed by atoms with van der Waals surface area (Å²) in [7, 11) is 3.43. The molecule has 0 atom stereocenters. The van der Waals surface area contributed by atoms with Crippen molar-refractivity contribution >= 4 is 34.0 Å². The molecule has 0 saturated carbocycles. The Morgan fingerprint density at radius 3 is 2.21 bits per heavy atom. The fraction of sp³-hybridized carbons (Fsp3) is 0.300. The lowest BCUT2D eigenvalue weighted by Crippen LogP contribution is -2.21. The van der Waals surface area contributed by atoms with E-state index in [1.807, 2.05) is 12.1 Å². The fourth-order valence-electron chi connectivity index (χ4n) is 3.78. The third-order valence-corrected chi connectivity index (χ3v) is 5.42. The number of anilines is 2. The summed E-state index contributed by atoms with van der Waals surface area (Å²) in [5.41, 5.74) is 3.12. The van der Waals surface area contributed by atoms with Crippen molar-refractivity contribution in [2.75, 3.05) is 23.3 Å². The normalized spacial score (nSPS) is 13.8. The maximum absolute atomic E-state index is 12.8. The van der Waals surface area contributed by atoms with Crippen molar-refractivity contribution in [3.8, 4) is 0 Å². The second-order valence-electron chi connectivity index (χ2n) is 7.21. The molecule has 1 saturated heterocycles. The molecule has 9 nitrogen and oxygen atoms in total. The molecule has 1 N–H and O–H groups in total. The van der Waals surface area contributed by atoms with Gasteiger partial charge in [-0.05, 0) is 37.1 Å². The SMILES string of the molecule is Cn1c(=O)n(C)c2cc(N3CCCC3)c(NC(=O)c3ccc([N+](=O)[O-])cc3)cc21. The average molecular weight is 395 g/mol.